The van der Waals surface area contributed by atoms with Gasteiger partial charge in [-0.3, -0.25) is 4.79 Å². The highest BCUT2D eigenvalue weighted by Gasteiger charge is 2.20. The second kappa shape index (κ2) is 10.6. The summed E-state index contributed by atoms with van der Waals surface area (Å²) in [5.74, 6) is -0.162. The van der Waals surface area contributed by atoms with Crippen molar-refractivity contribution in [2.24, 2.45) is 0 Å². The van der Waals surface area contributed by atoms with Crippen molar-refractivity contribution in [2.75, 3.05) is 18.5 Å². The number of anilines is 1. The molecule has 0 atom stereocenters. The fourth-order valence-electron chi connectivity index (χ4n) is 2.94. The molecular formula is C24H25NO4S. The van der Waals surface area contributed by atoms with Gasteiger partial charge in [0.1, 0.15) is 10.8 Å². The number of hydrogen-bond donors (Lipinski definition) is 1. The Bertz CT molecular complexity index is 980. The SMILES string of the molecule is CCCc1ccc(OCC(=O)Nc2sc(-c3ccccc3)cc2C(=O)OCC)cc1. The molecule has 0 radical (unpaired) electrons. The molecule has 6 heteroatoms. The summed E-state index contributed by atoms with van der Waals surface area (Å²) in [6.07, 6.45) is 2.09. The molecule has 1 N–H and O–H groups in total. The lowest BCUT2D eigenvalue weighted by atomic mass is 10.1. The van der Waals surface area contributed by atoms with Gasteiger partial charge in [-0.05, 0) is 42.7 Å². The van der Waals surface area contributed by atoms with Crippen LogP contribution in [0.15, 0.2) is 60.7 Å². The average molecular weight is 424 g/mol. The van der Waals surface area contributed by atoms with Crippen molar-refractivity contribution in [3.8, 4) is 16.2 Å². The molecule has 0 spiro atoms. The highest BCUT2D eigenvalue weighted by atomic mass is 32.1. The number of amides is 1. The number of carbonyl (C=O) groups is 2. The molecule has 5 nitrogen and oxygen atoms in total. The first-order chi connectivity index (χ1) is 14.6. The first-order valence-electron chi connectivity index (χ1n) is 9.98. The van der Waals surface area contributed by atoms with Gasteiger partial charge in [0.25, 0.3) is 5.91 Å². The van der Waals surface area contributed by atoms with Crippen LogP contribution in [0.1, 0.15) is 36.2 Å². The highest BCUT2D eigenvalue weighted by molar-refractivity contribution is 7.20. The van der Waals surface area contributed by atoms with Crippen molar-refractivity contribution in [1.82, 2.24) is 0 Å². The van der Waals surface area contributed by atoms with Gasteiger partial charge in [0, 0.05) is 4.88 Å². The number of carbonyl (C=O) groups excluding carboxylic acids is 2. The smallest absolute Gasteiger partial charge is 0.341 e. The van der Waals surface area contributed by atoms with E-state index in [-0.39, 0.29) is 19.1 Å². The summed E-state index contributed by atoms with van der Waals surface area (Å²) in [6.45, 7) is 4.00. The predicted octanol–water partition coefficient (Wildman–Crippen LogP) is 5.56. The van der Waals surface area contributed by atoms with Crippen LogP contribution in [-0.4, -0.2) is 25.1 Å². The molecule has 2 aromatic carbocycles. The molecule has 0 bridgehead atoms. The van der Waals surface area contributed by atoms with Crippen molar-refractivity contribution < 1.29 is 19.1 Å². The normalized spacial score (nSPS) is 10.5. The zero-order valence-corrected chi connectivity index (χ0v) is 18.0. The van der Waals surface area contributed by atoms with E-state index in [1.165, 1.54) is 16.9 Å². The minimum Gasteiger partial charge on any atom is -0.484 e. The molecule has 156 valence electrons. The highest BCUT2D eigenvalue weighted by Crippen LogP contribution is 2.36. The summed E-state index contributed by atoms with van der Waals surface area (Å²) in [7, 11) is 0. The zero-order chi connectivity index (χ0) is 21.3. The minimum atomic E-state index is -0.460. The maximum Gasteiger partial charge on any atom is 0.341 e. The zero-order valence-electron chi connectivity index (χ0n) is 17.1. The van der Waals surface area contributed by atoms with Crippen LogP contribution in [0, 0.1) is 0 Å². The van der Waals surface area contributed by atoms with Crippen LogP contribution in [0.4, 0.5) is 5.00 Å². The molecule has 0 fully saturated rings. The quantitative estimate of drug-likeness (QED) is 0.458. The number of nitrogens with one attached hydrogen (secondary N) is 1. The number of thiophene rings is 1. The molecule has 0 unspecified atom stereocenters. The standard InChI is InChI=1S/C24H25NO4S/c1-3-8-17-11-13-19(14-12-17)29-16-22(26)25-23-20(24(27)28-4-2)15-21(30-23)18-9-6-5-7-10-18/h5-7,9-15H,3-4,8,16H2,1-2H3,(H,25,26). The van der Waals surface area contributed by atoms with Crippen molar-refractivity contribution in [1.29, 1.82) is 0 Å². The first kappa shape index (κ1) is 21.6. The Morgan fingerprint density at radius 3 is 2.40 bits per heavy atom. The Hall–Kier alpha value is -3.12. The van der Waals surface area contributed by atoms with Crippen LogP contribution in [0.25, 0.3) is 10.4 Å². The second-order valence-electron chi connectivity index (χ2n) is 6.67. The summed E-state index contributed by atoms with van der Waals surface area (Å²) in [5.41, 5.74) is 2.55. The topological polar surface area (TPSA) is 64.6 Å². The van der Waals surface area contributed by atoms with Gasteiger partial charge in [-0.15, -0.1) is 11.3 Å². The third kappa shape index (κ3) is 5.70. The summed E-state index contributed by atoms with van der Waals surface area (Å²) in [4.78, 5) is 25.7. The van der Waals surface area contributed by atoms with Gasteiger partial charge >= 0.3 is 5.97 Å². The summed E-state index contributed by atoms with van der Waals surface area (Å²) in [6, 6.07) is 19.2. The van der Waals surface area contributed by atoms with E-state index in [0.29, 0.717) is 16.3 Å². The molecule has 1 heterocycles. The van der Waals surface area contributed by atoms with E-state index in [9.17, 15) is 9.59 Å². The van der Waals surface area contributed by atoms with E-state index in [2.05, 4.69) is 12.2 Å². The van der Waals surface area contributed by atoms with E-state index in [4.69, 9.17) is 9.47 Å². The van der Waals surface area contributed by atoms with Gasteiger partial charge in [0.05, 0.1) is 12.2 Å². The lowest BCUT2D eigenvalue weighted by Crippen LogP contribution is -2.21. The van der Waals surface area contributed by atoms with E-state index in [1.807, 2.05) is 54.6 Å². The summed E-state index contributed by atoms with van der Waals surface area (Å²) < 4.78 is 10.7. The molecule has 3 rings (SSSR count). The van der Waals surface area contributed by atoms with E-state index in [0.717, 1.165) is 23.3 Å². The minimum absolute atomic E-state index is 0.145. The van der Waals surface area contributed by atoms with E-state index in [1.54, 1.807) is 13.0 Å². The molecule has 0 aliphatic carbocycles. The lowest BCUT2D eigenvalue weighted by Gasteiger charge is -2.08. The molecule has 1 amide bonds. The Morgan fingerprint density at radius 1 is 1.00 bits per heavy atom. The van der Waals surface area contributed by atoms with Gasteiger partial charge in [0.15, 0.2) is 6.61 Å². The fraction of sp³-hybridized carbons (Fsp3) is 0.250. The summed E-state index contributed by atoms with van der Waals surface area (Å²) in [5, 5.41) is 3.25. The molecule has 30 heavy (non-hydrogen) atoms. The third-order valence-electron chi connectivity index (χ3n) is 4.37. The Labute approximate surface area is 180 Å². The molecular weight excluding hydrogens is 398 g/mol. The Morgan fingerprint density at radius 2 is 1.73 bits per heavy atom. The summed E-state index contributed by atoms with van der Waals surface area (Å²) >= 11 is 1.34. The number of benzene rings is 2. The maximum atomic E-state index is 12.5. The van der Waals surface area contributed by atoms with Crippen LogP contribution >= 0.6 is 11.3 Å². The van der Waals surface area contributed by atoms with Gasteiger partial charge in [0.2, 0.25) is 0 Å². The van der Waals surface area contributed by atoms with Crippen LogP contribution in [0.5, 0.6) is 5.75 Å². The number of ether oxygens (including phenoxy) is 2. The number of hydrogen-bond acceptors (Lipinski definition) is 5. The van der Waals surface area contributed by atoms with Crippen molar-refractivity contribution in [3.63, 3.8) is 0 Å². The maximum absolute atomic E-state index is 12.5. The Kier molecular flexibility index (Phi) is 7.63. The molecule has 0 aliphatic heterocycles. The molecule has 1 aromatic heterocycles. The van der Waals surface area contributed by atoms with Gasteiger partial charge in [-0.25, -0.2) is 4.79 Å². The second-order valence-corrected chi connectivity index (χ2v) is 7.72. The lowest BCUT2D eigenvalue weighted by molar-refractivity contribution is -0.118. The number of rotatable bonds is 9. The van der Waals surface area contributed by atoms with E-state index >= 15 is 0 Å². The molecule has 3 aromatic rings. The van der Waals surface area contributed by atoms with Crippen LogP contribution in [-0.2, 0) is 16.0 Å². The fourth-order valence-corrected chi connectivity index (χ4v) is 4.01. The molecule has 0 saturated carbocycles. The largest absolute Gasteiger partial charge is 0.484 e. The third-order valence-corrected chi connectivity index (χ3v) is 5.47. The van der Waals surface area contributed by atoms with Gasteiger partial charge < -0.3 is 14.8 Å². The van der Waals surface area contributed by atoms with Crippen molar-refractivity contribution in [2.45, 2.75) is 26.7 Å². The number of esters is 1. The molecule has 0 saturated heterocycles. The first-order valence-corrected chi connectivity index (χ1v) is 10.8. The van der Waals surface area contributed by atoms with Crippen LogP contribution < -0.4 is 10.1 Å². The average Bonchev–Trinajstić information content (AvgIpc) is 3.18. The number of aryl methyl sites for hydroxylation is 1. The van der Waals surface area contributed by atoms with E-state index < -0.39 is 5.97 Å². The van der Waals surface area contributed by atoms with Crippen LogP contribution in [0.2, 0.25) is 0 Å². The van der Waals surface area contributed by atoms with Crippen molar-refractivity contribution >= 4 is 28.2 Å². The van der Waals surface area contributed by atoms with Gasteiger partial charge in [-0.1, -0.05) is 55.8 Å². The monoisotopic (exact) mass is 423 g/mol. The Balaban J connectivity index is 1.70. The van der Waals surface area contributed by atoms with Crippen molar-refractivity contribution in [3.05, 3.63) is 71.8 Å². The molecule has 0 aliphatic rings. The predicted molar refractivity (Wildman–Crippen MR) is 120 cm³/mol. The van der Waals surface area contributed by atoms with Crippen LogP contribution in [0.3, 0.4) is 0 Å². The van der Waals surface area contributed by atoms with Gasteiger partial charge in [-0.2, -0.15) is 0 Å².